The molecule has 4 nitrogen and oxygen atoms in total. The minimum atomic E-state index is -4.07. The SMILES string of the molecule is CCCC[n+]1cccc(S(=O)(=O)O)c1. The lowest BCUT2D eigenvalue weighted by atomic mass is 10.3. The first kappa shape index (κ1) is 11.1. The van der Waals surface area contributed by atoms with Crippen molar-refractivity contribution >= 4 is 10.1 Å². The van der Waals surface area contributed by atoms with Crippen LogP contribution in [-0.4, -0.2) is 13.0 Å². The summed E-state index contributed by atoms with van der Waals surface area (Å²) in [5.74, 6) is 0. The number of hydrogen-bond acceptors (Lipinski definition) is 2. The van der Waals surface area contributed by atoms with Crippen molar-refractivity contribution in [1.29, 1.82) is 0 Å². The third kappa shape index (κ3) is 3.08. The first-order valence-electron chi connectivity index (χ1n) is 4.50. The van der Waals surface area contributed by atoms with Gasteiger partial charge in [0.2, 0.25) is 0 Å². The van der Waals surface area contributed by atoms with Crippen LogP contribution in [0, 0.1) is 0 Å². The molecule has 78 valence electrons. The van der Waals surface area contributed by atoms with Gasteiger partial charge in [0.25, 0.3) is 10.1 Å². The normalized spacial score (nSPS) is 11.6. The number of rotatable bonds is 4. The molecule has 0 radical (unpaired) electrons. The molecule has 1 aromatic rings. The molecule has 0 aliphatic carbocycles. The number of aromatic nitrogens is 1. The molecule has 0 aliphatic rings. The molecule has 1 heterocycles. The summed E-state index contributed by atoms with van der Waals surface area (Å²) >= 11 is 0. The van der Waals surface area contributed by atoms with Crippen LogP contribution >= 0.6 is 0 Å². The Balaban J connectivity index is 2.90. The van der Waals surface area contributed by atoms with Gasteiger partial charge in [-0.3, -0.25) is 4.55 Å². The van der Waals surface area contributed by atoms with Crippen LogP contribution in [0.15, 0.2) is 29.4 Å². The van der Waals surface area contributed by atoms with Gasteiger partial charge in [0.05, 0.1) is 0 Å². The molecule has 0 aromatic carbocycles. The summed E-state index contributed by atoms with van der Waals surface area (Å²) in [6.45, 7) is 2.83. The fraction of sp³-hybridized carbons (Fsp3) is 0.444. The van der Waals surface area contributed by atoms with Gasteiger partial charge < -0.3 is 0 Å². The first-order valence-corrected chi connectivity index (χ1v) is 5.94. The van der Waals surface area contributed by atoms with Gasteiger partial charge in [0.1, 0.15) is 6.54 Å². The Morgan fingerprint density at radius 3 is 2.79 bits per heavy atom. The van der Waals surface area contributed by atoms with Crippen LogP contribution in [0.4, 0.5) is 0 Å². The molecule has 0 unspecified atom stereocenters. The van der Waals surface area contributed by atoms with Crippen LogP contribution in [0.25, 0.3) is 0 Å². The third-order valence-electron chi connectivity index (χ3n) is 1.90. The maximum absolute atomic E-state index is 10.8. The van der Waals surface area contributed by atoms with Crippen LogP contribution in [-0.2, 0) is 16.7 Å². The molecule has 0 spiro atoms. The maximum Gasteiger partial charge on any atom is 0.300 e. The lowest BCUT2D eigenvalue weighted by Crippen LogP contribution is -2.33. The van der Waals surface area contributed by atoms with Crippen LogP contribution in [0.2, 0.25) is 0 Å². The molecule has 0 saturated heterocycles. The van der Waals surface area contributed by atoms with Gasteiger partial charge in [-0.1, -0.05) is 13.3 Å². The Bertz CT molecular complexity index is 400. The Morgan fingerprint density at radius 2 is 2.21 bits per heavy atom. The van der Waals surface area contributed by atoms with E-state index in [-0.39, 0.29) is 4.90 Å². The highest BCUT2D eigenvalue weighted by atomic mass is 32.2. The van der Waals surface area contributed by atoms with Crippen molar-refractivity contribution in [3.05, 3.63) is 24.5 Å². The molecule has 14 heavy (non-hydrogen) atoms. The average molecular weight is 216 g/mol. The molecule has 0 bridgehead atoms. The Hall–Kier alpha value is -0.940. The summed E-state index contributed by atoms with van der Waals surface area (Å²) in [6.07, 6.45) is 5.25. The lowest BCUT2D eigenvalue weighted by Gasteiger charge is -1.97. The lowest BCUT2D eigenvalue weighted by molar-refractivity contribution is -0.699. The van der Waals surface area contributed by atoms with Gasteiger partial charge in [-0.2, -0.15) is 8.42 Å². The zero-order valence-electron chi connectivity index (χ0n) is 8.05. The summed E-state index contributed by atoms with van der Waals surface area (Å²) in [7, 11) is -4.07. The second-order valence-corrected chi connectivity index (χ2v) is 4.53. The average Bonchev–Trinajstić information content (AvgIpc) is 2.14. The molecular formula is C9H14NO3S+. The molecule has 0 saturated carbocycles. The van der Waals surface area contributed by atoms with E-state index in [1.807, 2.05) is 0 Å². The van der Waals surface area contributed by atoms with Gasteiger partial charge in [-0.25, -0.2) is 4.57 Å². The quantitative estimate of drug-likeness (QED) is 0.604. The molecule has 0 aliphatic heterocycles. The summed E-state index contributed by atoms with van der Waals surface area (Å²) < 4.78 is 32.2. The number of hydrogen-bond donors (Lipinski definition) is 1. The summed E-state index contributed by atoms with van der Waals surface area (Å²) in [6, 6.07) is 2.98. The van der Waals surface area contributed by atoms with Crippen LogP contribution in [0.5, 0.6) is 0 Å². The third-order valence-corrected chi connectivity index (χ3v) is 2.74. The van der Waals surface area contributed by atoms with Gasteiger partial charge in [-0.05, 0) is 6.07 Å². The van der Waals surface area contributed by atoms with E-state index in [2.05, 4.69) is 6.92 Å². The van der Waals surface area contributed by atoms with Gasteiger partial charge in [0, 0.05) is 12.5 Å². The summed E-state index contributed by atoms with van der Waals surface area (Å²) in [5, 5.41) is 0. The molecule has 1 aromatic heterocycles. The van der Waals surface area contributed by atoms with Crippen molar-refractivity contribution in [2.45, 2.75) is 31.2 Å². The second-order valence-electron chi connectivity index (χ2n) is 3.11. The smallest absolute Gasteiger partial charge is 0.282 e. The second kappa shape index (κ2) is 4.52. The van der Waals surface area contributed by atoms with Crippen molar-refractivity contribution in [3.63, 3.8) is 0 Å². The molecular weight excluding hydrogens is 202 g/mol. The predicted octanol–water partition coefficient (Wildman–Crippen LogP) is 1.02. The van der Waals surface area contributed by atoms with E-state index in [9.17, 15) is 8.42 Å². The molecule has 1 rings (SSSR count). The van der Waals surface area contributed by atoms with E-state index in [4.69, 9.17) is 4.55 Å². The van der Waals surface area contributed by atoms with E-state index < -0.39 is 10.1 Å². The van der Waals surface area contributed by atoms with E-state index in [1.165, 1.54) is 12.3 Å². The zero-order chi connectivity index (χ0) is 10.6. The standard InChI is InChI=1S/C9H13NO3S/c1-2-3-6-10-7-4-5-9(8-10)14(11,12)13/h4-5,7-8H,2-3,6H2,1H3/p+1. The number of pyridine rings is 1. The number of aryl methyl sites for hydroxylation is 1. The molecule has 0 fully saturated rings. The molecule has 0 atom stereocenters. The van der Waals surface area contributed by atoms with Crippen molar-refractivity contribution in [2.24, 2.45) is 0 Å². The predicted molar refractivity (Wildman–Crippen MR) is 51.4 cm³/mol. The van der Waals surface area contributed by atoms with E-state index >= 15 is 0 Å². The topological polar surface area (TPSA) is 58.2 Å². The van der Waals surface area contributed by atoms with Crippen LogP contribution < -0.4 is 4.57 Å². The van der Waals surface area contributed by atoms with Crippen LogP contribution in [0.3, 0.4) is 0 Å². The fourth-order valence-electron chi connectivity index (χ4n) is 1.13. The minimum absolute atomic E-state index is 0.0592. The van der Waals surface area contributed by atoms with E-state index in [0.717, 1.165) is 19.4 Å². The Kier molecular flexibility index (Phi) is 3.60. The van der Waals surface area contributed by atoms with Crippen LogP contribution in [0.1, 0.15) is 19.8 Å². The minimum Gasteiger partial charge on any atom is -0.282 e. The molecule has 1 N–H and O–H groups in total. The maximum atomic E-state index is 10.8. The Labute approximate surface area is 83.9 Å². The van der Waals surface area contributed by atoms with Crippen molar-refractivity contribution in [3.8, 4) is 0 Å². The van der Waals surface area contributed by atoms with E-state index in [1.54, 1.807) is 16.8 Å². The van der Waals surface area contributed by atoms with E-state index in [0.29, 0.717) is 0 Å². The van der Waals surface area contributed by atoms with Gasteiger partial charge in [-0.15, -0.1) is 0 Å². The molecule has 5 heteroatoms. The highest BCUT2D eigenvalue weighted by Gasteiger charge is 2.13. The van der Waals surface area contributed by atoms with Gasteiger partial charge in [0.15, 0.2) is 17.3 Å². The number of unbranched alkanes of at least 4 members (excludes halogenated alkanes) is 1. The van der Waals surface area contributed by atoms with Crippen molar-refractivity contribution in [2.75, 3.05) is 0 Å². The van der Waals surface area contributed by atoms with Crippen molar-refractivity contribution < 1.29 is 17.5 Å². The largest absolute Gasteiger partial charge is 0.300 e. The fourth-order valence-corrected chi connectivity index (χ4v) is 1.65. The highest BCUT2D eigenvalue weighted by Crippen LogP contribution is 2.03. The highest BCUT2D eigenvalue weighted by molar-refractivity contribution is 7.85. The molecule has 0 amide bonds. The zero-order valence-corrected chi connectivity index (χ0v) is 8.87. The Morgan fingerprint density at radius 1 is 1.50 bits per heavy atom. The van der Waals surface area contributed by atoms with Crippen molar-refractivity contribution in [1.82, 2.24) is 0 Å². The monoisotopic (exact) mass is 216 g/mol. The summed E-state index contributed by atoms with van der Waals surface area (Å²) in [4.78, 5) is -0.0592. The number of nitrogens with zero attached hydrogens (tertiary/aromatic N) is 1. The summed E-state index contributed by atoms with van der Waals surface area (Å²) in [5.41, 5.74) is 0. The first-order chi connectivity index (χ1) is 6.54. The van der Waals surface area contributed by atoms with Gasteiger partial charge >= 0.3 is 0 Å².